The van der Waals surface area contributed by atoms with E-state index < -0.39 is 11.9 Å². The molecule has 0 saturated carbocycles. The third-order valence-electron chi connectivity index (χ3n) is 6.65. The van der Waals surface area contributed by atoms with Crippen molar-refractivity contribution in [3.05, 3.63) is 111 Å². The molecule has 0 fully saturated rings. The Morgan fingerprint density at radius 1 is 0.932 bits per heavy atom. The van der Waals surface area contributed by atoms with Crippen molar-refractivity contribution in [2.45, 2.75) is 20.8 Å². The largest absolute Gasteiger partial charge is 0.490 e. The summed E-state index contributed by atoms with van der Waals surface area (Å²) in [6, 6.07) is 23.2. The lowest BCUT2D eigenvalue weighted by molar-refractivity contribution is 0.0733. The number of H-pyrrole nitrogens is 1. The molecular formula is C34H29BrClN3O5. The fraction of sp³-hybridized carbons (Fsp3) is 0.147. The van der Waals surface area contributed by atoms with E-state index in [4.69, 9.17) is 25.8 Å². The number of aromatic amines is 1. The lowest BCUT2D eigenvalue weighted by atomic mass is 10.0. The van der Waals surface area contributed by atoms with E-state index in [2.05, 4.69) is 31.4 Å². The smallest absolute Gasteiger partial charge is 0.343 e. The van der Waals surface area contributed by atoms with E-state index in [1.807, 2.05) is 57.2 Å². The molecule has 1 amide bonds. The lowest BCUT2D eigenvalue weighted by Gasteiger charge is -2.13. The normalized spacial score (nSPS) is 11.1. The van der Waals surface area contributed by atoms with Crippen LogP contribution >= 0.6 is 27.5 Å². The Labute approximate surface area is 268 Å². The third kappa shape index (κ3) is 6.79. The number of esters is 1. The molecule has 224 valence electrons. The summed E-state index contributed by atoms with van der Waals surface area (Å²) in [7, 11) is 0. The van der Waals surface area contributed by atoms with E-state index in [-0.39, 0.29) is 11.3 Å². The number of aromatic nitrogens is 1. The maximum absolute atomic E-state index is 13.5. The van der Waals surface area contributed by atoms with Crippen LogP contribution in [0.15, 0.2) is 88.4 Å². The molecule has 2 N–H and O–H groups in total. The number of fused-ring (bicyclic) bond motifs is 1. The van der Waals surface area contributed by atoms with Crippen LogP contribution < -0.4 is 19.6 Å². The maximum atomic E-state index is 13.5. The number of aryl methyl sites for hydroxylation is 1. The molecule has 8 nitrogen and oxygen atoms in total. The van der Waals surface area contributed by atoms with Crippen LogP contribution in [0, 0.1) is 6.92 Å². The zero-order valence-electron chi connectivity index (χ0n) is 24.2. The van der Waals surface area contributed by atoms with Gasteiger partial charge in [0.15, 0.2) is 11.5 Å². The summed E-state index contributed by atoms with van der Waals surface area (Å²) < 4.78 is 17.7. The first-order valence-electron chi connectivity index (χ1n) is 13.9. The molecule has 10 heteroatoms. The van der Waals surface area contributed by atoms with Gasteiger partial charge in [-0.3, -0.25) is 4.79 Å². The highest BCUT2D eigenvalue weighted by atomic mass is 79.9. The molecule has 0 aliphatic heterocycles. The molecule has 44 heavy (non-hydrogen) atoms. The van der Waals surface area contributed by atoms with E-state index in [0.717, 1.165) is 26.5 Å². The Hall–Kier alpha value is -4.60. The highest BCUT2D eigenvalue weighted by Crippen LogP contribution is 2.37. The first kappa shape index (κ1) is 30.8. The SMILES string of the molecule is CCOc1ccc(C(=O)Oc2ccc(Br)cc2C=NNC(=O)c2[nH]c3ccc(C)cc3c2-c2ccccc2Cl)cc1OCC. The van der Waals surface area contributed by atoms with Crippen molar-refractivity contribution < 1.29 is 23.8 Å². The number of nitrogens with zero attached hydrogens (tertiary/aromatic N) is 1. The second-order valence-electron chi connectivity index (χ2n) is 9.70. The van der Waals surface area contributed by atoms with Gasteiger partial charge in [-0.15, -0.1) is 0 Å². The van der Waals surface area contributed by atoms with Crippen LogP contribution in [0.1, 0.15) is 45.8 Å². The maximum Gasteiger partial charge on any atom is 0.343 e. The number of ether oxygens (including phenoxy) is 3. The number of benzene rings is 4. The average Bonchev–Trinajstić information content (AvgIpc) is 3.38. The van der Waals surface area contributed by atoms with Crippen LogP contribution in [-0.4, -0.2) is 36.3 Å². The van der Waals surface area contributed by atoms with Gasteiger partial charge in [0.05, 0.1) is 25.0 Å². The predicted molar refractivity (Wildman–Crippen MR) is 176 cm³/mol. The monoisotopic (exact) mass is 673 g/mol. The summed E-state index contributed by atoms with van der Waals surface area (Å²) >= 11 is 9.99. The van der Waals surface area contributed by atoms with Crippen molar-refractivity contribution in [3.63, 3.8) is 0 Å². The van der Waals surface area contributed by atoms with E-state index >= 15 is 0 Å². The molecule has 0 radical (unpaired) electrons. The fourth-order valence-electron chi connectivity index (χ4n) is 4.69. The van der Waals surface area contributed by atoms with Gasteiger partial charge >= 0.3 is 5.97 Å². The van der Waals surface area contributed by atoms with E-state index in [1.165, 1.54) is 6.21 Å². The molecule has 0 spiro atoms. The van der Waals surface area contributed by atoms with E-state index in [9.17, 15) is 9.59 Å². The van der Waals surface area contributed by atoms with Crippen molar-refractivity contribution in [3.8, 4) is 28.4 Å². The second kappa shape index (κ2) is 13.8. The lowest BCUT2D eigenvalue weighted by Crippen LogP contribution is -2.19. The molecule has 0 aliphatic rings. The third-order valence-corrected chi connectivity index (χ3v) is 7.47. The molecule has 1 heterocycles. The van der Waals surface area contributed by atoms with Crippen molar-refractivity contribution in [1.29, 1.82) is 0 Å². The van der Waals surface area contributed by atoms with Gasteiger partial charge in [-0.25, -0.2) is 10.2 Å². The number of carbonyl (C=O) groups excluding carboxylic acids is 2. The minimum absolute atomic E-state index is 0.251. The van der Waals surface area contributed by atoms with Crippen LogP contribution in [-0.2, 0) is 0 Å². The van der Waals surface area contributed by atoms with Crippen molar-refractivity contribution in [1.82, 2.24) is 10.4 Å². The fourth-order valence-corrected chi connectivity index (χ4v) is 5.30. The van der Waals surface area contributed by atoms with Crippen LogP contribution in [0.5, 0.6) is 17.2 Å². The van der Waals surface area contributed by atoms with Gasteiger partial charge < -0.3 is 19.2 Å². The van der Waals surface area contributed by atoms with Gasteiger partial charge in [-0.2, -0.15) is 5.10 Å². The summed E-state index contributed by atoms with van der Waals surface area (Å²) in [4.78, 5) is 29.8. The van der Waals surface area contributed by atoms with Gasteiger partial charge in [0.25, 0.3) is 5.91 Å². The predicted octanol–water partition coefficient (Wildman–Crippen LogP) is 8.34. The standard InChI is InChI=1S/C34H29BrClN3O5/c1-4-42-29-14-11-21(18-30(29)43-5-2)34(41)44-28-15-12-23(35)17-22(28)19-37-39-33(40)32-31(24-8-6-7-9-26(24)36)25-16-20(3)10-13-27(25)38-32/h6-19,38H,4-5H2,1-3H3,(H,39,40). The number of rotatable bonds is 10. The average molecular weight is 675 g/mol. The number of hydrogen-bond donors (Lipinski definition) is 2. The molecule has 5 rings (SSSR count). The molecule has 0 unspecified atom stereocenters. The highest BCUT2D eigenvalue weighted by molar-refractivity contribution is 9.10. The topological polar surface area (TPSA) is 102 Å². The summed E-state index contributed by atoms with van der Waals surface area (Å²) in [6.07, 6.45) is 1.41. The van der Waals surface area contributed by atoms with E-state index in [0.29, 0.717) is 46.6 Å². The van der Waals surface area contributed by atoms with Crippen molar-refractivity contribution in [2.75, 3.05) is 13.2 Å². The quantitative estimate of drug-likeness (QED) is 0.0671. The van der Waals surface area contributed by atoms with Gasteiger partial charge in [0.2, 0.25) is 0 Å². The van der Waals surface area contributed by atoms with Gasteiger partial charge in [-0.05, 0) is 75.4 Å². The summed E-state index contributed by atoms with van der Waals surface area (Å²) in [5.41, 5.74) is 6.91. The summed E-state index contributed by atoms with van der Waals surface area (Å²) in [5, 5.41) is 5.58. The van der Waals surface area contributed by atoms with Crippen LogP contribution in [0.4, 0.5) is 0 Å². The number of hydrogen-bond acceptors (Lipinski definition) is 6. The van der Waals surface area contributed by atoms with Crippen LogP contribution in [0.2, 0.25) is 5.02 Å². The Morgan fingerprint density at radius 3 is 2.45 bits per heavy atom. The zero-order valence-corrected chi connectivity index (χ0v) is 26.6. The minimum Gasteiger partial charge on any atom is -0.490 e. The molecule has 5 aromatic rings. The number of hydrazone groups is 1. The molecule has 4 aromatic carbocycles. The summed E-state index contributed by atoms with van der Waals surface area (Å²) in [5.74, 6) is 0.193. The molecule has 1 aromatic heterocycles. The Morgan fingerprint density at radius 2 is 1.68 bits per heavy atom. The molecular weight excluding hydrogens is 646 g/mol. The number of carbonyl (C=O) groups is 2. The molecule has 0 bridgehead atoms. The second-order valence-corrected chi connectivity index (χ2v) is 11.0. The van der Waals surface area contributed by atoms with E-state index in [1.54, 1.807) is 42.5 Å². The Kier molecular flexibility index (Phi) is 9.67. The van der Waals surface area contributed by atoms with Crippen LogP contribution in [0.3, 0.4) is 0 Å². The Balaban J connectivity index is 1.40. The number of nitrogens with one attached hydrogen (secondary N) is 2. The number of amides is 1. The Bertz CT molecular complexity index is 1880. The minimum atomic E-state index is -0.590. The van der Waals surface area contributed by atoms with Gasteiger partial charge in [0.1, 0.15) is 11.4 Å². The summed E-state index contributed by atoms with van der Waals surface area (Å²) in [6.45, 7) is 6.58. The molecule has 0 saturated heterocycles. The first-order valence-corrected chi connectivity index (χ1v) is 15.1. The van der Waals surface area contributed by atoms with Crippen molar-refractivity contribution in [2.24, 2.45) is 5.10 Å². The van der Waals surface area contributed by atoms with Crippen molar-refractivity contribution >= 4 is 56.5 Å². The zero-order chi connectivity index (χ0) is 31.2. The van der Waals surface area contributed by atoms with Gasteiger partial charge in [0, 0.05) is 37.1 Å². The van der Waals surface area contributed by atoms with Crippen LogP contribution in [0.25, 0.3) is 22.0 Å². The highest BCUT2D eigenvalue weighted by Gasteiger charge is 2.21. The number of halogens is 2. The first-order chi connectivity index (χ1) is 21.3. The van der Waals surface area contributed by atoms with Gasteiger partial charge in [-0.1, -0.05) is 57.4 Å². The molecule has 0 atom stereocenters. The molecule has 0 aliphatic carbocycles.